The molecular weight excluding hydrogens is 360 g/mol. The summed E-state index contributed by atoms with van der Waals surface area (Å²) in [6.45, 7) is 12.1. The fourth-order valence-electron chi connectivity index (χ4n) is 3.05. The number of hydrogen-bond acceptors (Lipinski definition) is 3. The molecule has 1 N–H and O–H groups in total. The summed E-state index contributed by atoms with van der Waals surface area (Å²) in [7, 11) is 0. The van der Waals surface area contributed by atoms with E-state index in [1.807, 2.05) is 37.3 Å². The summed E-state index contributed by atoms with van der Waals surface area (Å²) in [6.07, 6.45) is 0. The van der Waals surface area contributed by atoms with E-state index < -0.39 is 0 Å². The molecule has 152 valence electrons. The monoisotopic (exact) mass is 390 g/mol. The molecule has 0 aliphatic rings. The molecule has 1 heterocycles. The first-order chi connectivity index (χ1) is 13.7. The van der Waals surface area contributed by atoms with E-state index in [1.165, 1.54) is 11.1 Å². The van der Waals surface area contributed by atoms with E-state index in [1.54, 1.807) is 6.07 Å². The first kappa shape index (κ1) is 20.9. The third-order valence-electron chi connectivity index (χ3n) is 4.98. The van der Waals surface area contributed by atoms with Crippen molar-refractivity contribution in [2.24, 2.45) is 0 Å². The van der Waals surface area contributed by atoms with Gasteiger partial charge in [0.2, 0.25) is 0 Å². The molecule has 0 bridgehead atoms. The lowest BCUT2D eigenvalue weighted by Crippen LogP contribution is -2.40. The summed E-state index contributed by atoms with van der Waals surface area (Å²) in [5.41, 5.74) is 4.39. The number of benzene rings is 2. The predicted octanol–water partition coefficient (Wildman–Crippen LogP) is 5.95. The molecular formula is C25H30N2O2. The molecule has 29 heavy (non-hydrogen) atoms. The molecule has 1 aromatic heterocycles. The van der Waals surface area contributed by atoms with Crippen LogP contribution in [0.3, 0.4) is 0 Å². The minimum absolute atomic E-state index is 0.0397. The van der Waals surface area contributed by atoms with E-state index in [0.717, 1.165) is 23.6 Å². The summed E-state index contributed by atoms with van der Waals surface area (Å²) >= 11 is 0. The van der Waals surface area contributed by atoms with E-state index in [-0.39, 0.29) is 11.4 Å². The zero-order valence-electron chi connectivity index (χ0n) is 18.0. The molecule has 0 aliphatic carbocycles. The smallest absolute Gasteiger partial charge is 0.291 e. The highest BCUT2D eigenvalue weighted by Crippen LogP contribution is 2.22. The van der Waals surface area contributed by atoms with Gasteiger partial charge in [0.25, 0.3) is 5.91 Å². The van der Waals surface area contributed by atoms with Gasteiger partial charge in [0.15, 0.2) is 5.76 Å². The van der Waals surface area contributed by atoms with E-state index in [2.05, 4.69) is 62.2 Å². The molecule has 0 atom stereocenters. The van der Waals surface area contributed by atoms with Crippen molar-refractivity contribution < 1.29 is 9.21 Å². The van der Waals surface area contributed by atoms with E-state index in [0.29, 0.717) is 12.3 Å². The van der Waals surface area contributed by atoms with Gasteiger partial charge in [-0.3, -0.25) is 9.69 Å². The lowest BCUT2D eigenvalue weighted by Gasteiger charge is -2.35. The van der Waals surface area contributed by atoms with Crippen molar-refractivity contribution >= 4 is 11.6 Å². The normalized spacial score (nSPS) is 11.7. The minimum atomic E-state index is -0.235. The Bertz CT molecular complexity index is 948. The molecule has 0 unspecified atom stereocenters. The molecule has 0 radical (unpaired) electrons. The van der Waals surface area contributed by atoms with Crippen LogP contribution in [0.15, 0.2) is 65.1 Å². The van der Waals surface area contributed by atoms with Crippen molar-refractivity contribution in [1.82, 2.24) is 4.90 Å². The third-order valence-corrected chi connectivity index (χ3v) is 4.98. The number of carbonyl (C=O) groups excluding carboxylic acids is 1. The minimum Gasteiger partial charge on any atom is -0.455 e. The molecule has 2 aromatic carbocycles. The second-order valence-corrected chi connectivity index (χ2v) is 8.60. The quantitative estimate of drug-likeness (QED) is 0.566. The maximum Gasteiger partial charge on any atom is 0.291 e. The van der Waals surface area contributed by atoms with Crippen LogP contribution < -0.4 is 5.32 Å². The zero-order valence-corrected chi connectivity index (χ0v) is 18.0. The van der Waals surface area contributed by atoms with Gasteiger partial charge in [0.1, 0.15) is 5.76 Å². The second-order valence-electron chi connectivity index (χ2n) is 8.60. The molecule has 0 saturated carbocycles. The van der Waals surface area contributed by atoms with Crippen LogP contribution in [0.5, 0.6) is 0 Å². The largest absolute Gasteiger partial charge is 0.455 e. The van der Waals surface area contributed by atoms with Crippen molar-refractivity contribution in [3.8, 4) is 0 Å². The van der Waals surface area contributed by atoms with Crippen molar-refractivity contribution in [2.75, 3.05) is 5.32 Å². The van der Waals surface area contributed by atoms with Crippen molar-refractivity contribution in [2.45, 2.75) is 53.2 Å². The molecule has 1 amide bonds. The molecule has 4 nitrogen and oxygen atoms in total. The molecule has 0 aliphatic heterocycles. The van der Waals surface area contributed by atoms with Gasteiger partial charge in [0.05, 0.1) is 6.54 Å². The van der Waals surface area contributed by atoms with Crippen molar-refractivity contribution in [1.29, 1.82) is 0 Å². The third kappa shape index (κ3) is 5.81. The summed E-state index contributed by atoms with van der Waals surface area (Å²) in [4.78, 5) is 14.8. The Balaban J connectivity index is 1.69. The molecule has 0 spiro atoms. The number of nitrogens with one attached hydrogen (secondary N) is 1. The highest BCUT2D eigenvalue weighted by atomic mass is 16.4. The van der Waals surface area contributed by atoms with Gasteiger partial charge in [-0.25, -0.2) is 0 Å². The number of anilines is 1. The maximum atomic E-state index is 12.5. The molecule has 3 rings (SSSR count). The lowest BCUT2D eigenvalue weighted by atomic mass is 10.0. The molecule has 3 aromatic rings. The first-order valence-corrected chi connectivity index (χ1v) is 9.98. The zero-order chi connectivity index (χ0) is 21.0. The predicted molar refractivity (Wildman–Crippen MR) is 118 cm³/mol. The Hall–Kier alpha value is -2.85. The topological polar surface area (TPSA) is 45.5 Å². The Labute approximate surface area is 173 Å². The van der Waals surface area contributed by atoms with Crippen LogP contribution in [0.1, 0.15) is 53.8 Å². The summed E-state index contributed by atoms with van der Waals surface area (Å²) in [6, 6.07) is 19.9. The van der Waals surface area contributed by atoms with E-state index in [9.17, 15) is 4.79 Å². The molecule has 4 heteroatoms. The van der Waals surface area contributed by atoms with Crippen LogP contribution in [0, 0.1) is 13.8 Å². The Morgan fingerprint density at radius 1 is 0.862 bits per heavy atom. The van der Waals surface area contributed by atoms with Gasteiger partial charge in [-0.2, -0.15) is 0 Å². The van der Waals surface area contributed by atoms with Gasteiger partial charge in [0, 0.05) is 17.8 Å². The van der Waals surface area contributed by atoms with Gasteiger partial charge in [-0.15, -0.1) is 0 Å². The van der Waals surface area contributed by atoms with E-state index in [4.69, 9.17) is 4.42 Å². The number of furan rings is 1. The van der Waals surface area contributed by atoms with Gasteiger partial charge >= 0.3 is 0 Å². The Morgan fingerprint density at radius 3 is 2.03 bits per heavy atom. The van der Waals surface area contributed by atoms with Crippen molar-refractivity contribution in [3.63, 3.8) is 0 Å². The second kappa shape index (κ2) is 8.66. The number of rotatable bonds is 6. The van der Waals surface area contributed by atoms with Gasteiger partial charge < -0.3 is 9.73 Å². The van der Waals surface area contributed by atoms with Crippen LogP contribution in [0.25, 0.3) is 0 Å². The fourth-order valence-corrected chi connectivity index (χ4v) is 3.05. The van der Waals surface area contributed by atoms with Crippen molar-refractivity contribution in [3.05, 3.63) is 88.9 Å². The van der Waals surface area contributed by atoms with Crippen LogP contribution >= 0.6 is 0 Å². The van der Waals surface area contributed by atoms with Gasteiger partial charge in [-0.05, 0) is 64.4 Å². The van der Waals surface area contributed by atoms with E-state index >= 15 is 0 Å². The fraction of sp³-hybridized carbons (Fsp3) is 0.320. The number of nitrogens with zero attached hydrogens (tertiary/aromatic N) is 1. The average molecular weight is 391 g/mol. The van der Waals surface area contributed by atoms with Crippen LogP contribution in [-0.4, -0.2) is 16.3 Å². The highest BCUT2D eigenvalue weighted by Gasteiger charge is 2.23. The average Bonchev–Trinajstić information content (AvgIpc) is 3.13. The summed E-state index contributed by atoms with van der Waals surface area (Å²) in [5.74, 6) is 0.867. The van der Waals surface area contributed by atoms with Gasteiger partial charge in [-0.1, -0.05) is 47.5 Å². The summed E-state index contributed by atoms with van der Waals surface area (Å²) < 4.78 is 5.87. The summed E-state index contributed by atoms with van der Waals surface area (Å²) in [5, 5.41) is 2.88. The number of carbonyl (C=O) groups is 1. The highest BCUT2D eigenvalue weighted by molar-refractivity contribution is 6.02. The Morgan fingerprint density at radius 2 is 1.45 bits per heavy atom. The number of aryl methyl sites for hydroxylation is 2. The molecule has 0 fully saturated rings. The number of amides is 1. The number of hydrogen-bond donors (Lipinski definition) is 1. The van der Waals surface area contributed by atoms with Crippen LogP contribution in [-0.2, 0) is 13.1 Å². The maximum absolute atomic E-state index is 12.5. The SMILES string of the molecule is Cc1ccc(CN(Cc2ccc(C(=O)Nc3ccc(C)cc3)o2)C(C)(C)C)cc1. The molecule has 0 saturated heterocycles. The standard InChI is InChI=1S/C25H30N2O2/c1-18-6-10-20(11-7-18)16-27(25(3,4)5)17-22-14-15-23(29-22)24(28)26-21-12-8-19(2)9-13-21/h6-15H,16-17H2,1-5H3,(H,26,28). The van der Waals surface area contributed by atoms with Crippen LogP contribution in [0.2, 0.25) is 0 Å². The first-order valence-electron chi connectivity index (χ1n) is 9.98. The lowest BCUT2D eigenvalue weighted by molar-refractivity contribution is 0.0969. The Kier molecular flexibility index (Phi) is 6.23. The van der Waals surface area contributed by atoms with Crippen LogP contribution in [0.4, 0.5) is 5.69 Å².